The molecule has 2 aromatic heterocycles. The average Bonchev–Trinajstić information content (AvgIpc) is 3.23. The number of anilines is 1. The van der Waals surface area contributed by atoms with Crippen LogP contribution in [-0.2, 0) is 20.9 Å². The smallest absolute Gasteiger partial charge is 0.227 e. The molecular formula is C16H20N4O4S. The van der Waals surface area contributed by atoms with Gasteiger partial charge in [-0.25, -0.2) is 4.98 Å². The SMILES string of the molecule is CC(=O)NCc1ccc(-c2csc(NC(=O)CC3COCCN3)n2)o1. The van der Waals surface area contributed by atoms with Crippen LogP contribution < -0.4 is 16.0 Å². The number of hydrogen-bond donors (Lipinski definition) is 3. The Morgan fingerprint density at radius 2 is 2.32 bits per heavy atom. The average molecular weight is 364 g/mol. The molecule has 0 bridgehead atoms. The number of rotatable bonds is 6. The Labute approximate surface area is 149 Å². The summed E-state index contributed by atoms with van der Waals surface area (Å²) in [6.45, 7) is 3.77. The predicted molar refractivity (Wildman–Crippen MR) is 93.2 cm³/mol. The summed E-state index contributed by atoms with van der Waals surface area (Å²) in [5.41, 5.74) is 0.647. The van der Waals surface area contributed by atoms with E-state index in [1.165, 1.54) is 18.3 Å². The molecule has 0 spiro atoms. The van der Waals surface area contributed by atoms with Crippen molar-refractivity contribution in [2.75, 3.05) is 25.1 Å². The molecule has 1 atom stereocenters. The number of morpholine rings is 1. The van der Waals surface area contributed by atoms with Crippen molar-refractivity contribution in [3.8, 4) is 11.5 Å². The number of ether oxygens (including phenoxy) is 1. The molecular weight excluding hydrogens is 344 g/mol. The number of thiazole rings is 1. The Bertz CT molecular complexity index is 736. The first-order valence-electron chi connectivity index (χ1n) is 8.00. The lowest BCUT2D eigenvalue weighted by atomic mass is 10.2. The minimum absolute atomic E-state index is 0.0367. The normalized spacial score (nSPS) is 17.2. The number of furan rings is 1. The van der Waals surface area contributed by atoms with Crippen molar-refractivity contribution in [1.29, 1.82) is 0 Å². The third-order valence-corrected chi connectivity index (χ3v) is 4.36. The highest BCUT2D eigenvalue weighted by atomic mass is 32.1. The fraction of sp³-hybridized carbons (Fsp3) is 0.438. The molecule has 0 aliphatic carbocycles. The lowest BCUT2D eigenvalue weighted by Crippen LogP contribution is -2.43. The largest absolute Gasteiger partial charge is 0.458 e. The lowest BCUT2D eigenvalue weighted by Gasteiger charge is -2.22. The molecule has 3 rings (SSSR count). The van der Waals surface area contributed by atoms with Gasteiger partial charge in [0.25, 0.3) is 0 Å². The fourth-order valence-electron chi connectivity index (χ4n) is 2.41. The van der Waals surface area contributed by atoms with Crippen molar-refractivity contribution in [2.24, 2.45) is 0 Å². The number of hydrogen-bond acceptors (Lipinski definition) is 7. The molecule has 9 heteroatoms. The first-order valence-corrected chi connectivity index (χ1v) is 8.88. The van der Waals surface area contributed by atoms with Crippen molar-refractivity contribution in [3.05, 3.63) is 23.3 Å². The van der Waals surface area contributed by atoms with E-state index in [4.69, 9.17) is 9.15 Å². The summed E-state index contributed by atoms with van der Waals surface area (Å²) in [5.74, 6) is 1.02. The maximum absolute atomic E-state index is 12.1. The third-order valence-electron chi connectivity index (χ3n) is 3.61. The quantitative estimate of drug-likeness (QED) is 0.715. The number of aromatic nitrogens is 1. The molecule has 134 valence electrons. The monoisotopic (exact) mass is 364 g/mol. The summed E-state index contributed by atoms with van der Waals surface area (Å²) >= 11 is 1.34. The molecule has 0 aromatic carbocycles. The highest BCUT2D eigenvalue weighted by molar-refractivity contribution is 7.14. The first kappa shape index (κ1) is 17.6. The standard InChI is InChI=1S/C16H20N4O4S/c1-10(21)18-7-12-2-3-14(24-12)13-9-25-16(19-13)20-15(22)6-11-8-23-5-4-17-11/h2-3,9,11,17H,4-8H2,1H3,(H,18,21)(H,19,20,22). The number of nitrogens with one attached hydrogen (secondary N) is 3. The highest BCUT2D eigenvalue weighted by Gasteiger charge is 2.18. The fourth-order valence-corrected chi connectivity index (χ4v) is 3.13. The third kappa shape index (κ3) is 5.12. The molecule has 2 amide bonds. The van der Waals surface area contributed by atoms with Crippen molar-refractivity contribution >= 4 is 28.3 Å². The Morgan fingerprint density at radius 3 is 3.08 bits per heavy atom. The van der Waals surface area contributed by atoms with E-state index in [0.717, 1.165) is 6.54 Å². The van der Waals surface area contributed by atoms with E-state index in [9.17, 15) is 9.59 Å². The van der Waals surface area contributed by atoms with E-state index in [1.54, 1.807) is 12.1 Å². The molecule has 3 heterocycles. The lowest BCUT2D eigenvalue weighted by molar-refractivity contribution is -0.119. The van der Waals surface area contributed by atoms with Crippen LogP contribution in [0.15, 0.2) is 21.9 Å². The Morgan fingerprint density at radius 1 is 1.44 bits per heavy atom. The van der Waals surface area contributed by atoms with E-state index in [0.29, 0.717) is 48.5 Å². The molecule has 2 aromatic rings. The summed E-state index contributed by atoms with van der Waals surface area (Å²) in [6, 6.07) is 3.62. The van der Waals surface area contributed by atoms with Crippen LogP contribution in [-0.4, -0.2) is 42.6 Å². The van der Waals surface area contributed by atoms with Gasteiger partial charge in [-0.15, -0.1) is 11.3 Å². The Kier molecular flexibility index (Phi) is 5.79. The second-order valence-electron chi connectivity index (χ2n) is 5.69. The van der Waals surface area contributed by atoms with Gasteiger partial charge in [0.05, 0.1) is 19.8 Å². The molecule has 25 heavy (non-hydrogen) atoms. The minimum atomic E-state index is -0.116. The molecule has 1 unspecified atom stereocenters. The minimum Gasteiger partial charge on any atom is -0.458 e. The number of carbonyl (C=O) groups is 2. The Hall–Kier alpha value is -2.23. The van der Waals surface area contributed by atoms with Gasteiger partial charge < -0.3 is 25.1 Å². The van der Waals surface area contributed by atoms with Crippen LogP contribution in [0, 0.1) is 0 Å². The maximum atomic E-state index is 12.1. The van der Waals surface area contributed by atoms with Gasteiger partial charge >= 0.3 is 0 Å². The summed E-state index contributed by atoms with van der Waals surface area (Å²) in [6.07, 6.45) is 0.344. The van der Waals surface area contributed by atoms with Crippen LogP contribution in [0.25, 0.3) is 11.5 Å². The van der Waals surface area contributed by atoms with Crippen molar-refractivity contribution in [3.63, 3.8) is 0 Å². The molecule has 1 aliphatic rings. The van der Waals surface area contributed by atoms with Crippen LogP contribution in [0.4, 0.5) is 5.13 Å². The van der Waals surface area contributed by atoms with Crippen LogP contribution in [0.2, 0.25) is 0 Å². The highest BCUT2D eigenvalue weighted by Crippen LogP contribution is 2.26. The van der Waals surface area contributed by atoms with Crippen LogP contribution in [0.3, 0.4) is 0 Å². The van der Waals surface area contributed by atoms with Gasteiger partial charge in [-0.3, -0.25) is 9.59 Å². The van der Waals surface area contributed by atoms with Gasteiger partial charge in [0.1, 0.15) is 11.5 Å². The molecule has 1 saturated heterocycles. The van der Waals surface area contributed by atoms with Gasteiger partial charge in [-0.1, -0.05) is 0 Å². The summed E-state index contributed by atoms with van der Waals surface area (Å²) in [5, 5.41) is 11.1. The van der Waals surface area contributed by atoms with E-state index in [2.05, 4.69) is 20.9 Å². The van der Waals surface area contributed by atoms with Gasteiger partial charge in [-0.05, 0) is 12.1 Å². The molecule has 1 aliphatic heterocycles. The number of nitrogens with zero attached hydrogens (tertiary/aromatic N) is 1. The summed E-state index contributed by atoms with van der Waals surface area (Å²) in [4.78, 5) is 27.4. The zero-order valence-corrected chi connectivity index (χ0v) is 14.6. The van der Waals surface area contributed by atoms with Gasteiger partial charge in [0, 0.05) is 31.3 Å². The number of amides is 2. The topological polar surface area (TPSA) is 105 Å². The molecule has 0 radical (unpaired) electrons. The summed E-state index contributed by atoms with van der Waals surface area (Å²) < 4.78 is 11.0. The zero-order chi connectivity index (χ0) is 17.6. The van der Waals surface area contributed by atoms with Gasteiger partial charge in [0.15, 0.2) is 10.9 Å². The van der Waals surface area contributed by atoms with Crippen molar-refractivity contribution in [2.45, 2.75) is 25.9 Å². The van der Waals surface area contributed by atoms with E-state index in [1.807, 2.05) is 5.38 Å². The molecule has 3 N–H and O–H groups in total. The number of carbonyl (C=O) groups excluding carboxylic acids is 2. The zero-order valence-electron chi connectivity index (χ0n) is 13.8. The van der Waals surface area contributed by atoms with Crippen LogP contribution in [0.1, 0.15) is 19.1 Å². The molecule has 0 saturated carbocycles. The molecule has 1 fully saturated rings. The van der Waals surface area contributed by atoms with Gasteiger partial charge in [-0.2, -0.15) is 0 Å². The predicted octanol–water partition coefficient (Wildman–Crippen LogP) is 1.36. The van der Waals surface area contributed by atoms with E-state index >= 15 is 0 Å². The van der Waals surface area contributed by atoms with Gasteiger partial charge in [0.2, 0.25) is 11.8 Å². The first-order chi connectivity index (χ1) is 12.1. The van der Waals surface area contributed by atoms with Crippen LogP contribution in [0.5, 0.6) is 0 Å². The van der Waals surface area contributed by atoms with Crippen molar-refractivity contribution < 1.29 is 18.7 Å². The second-order valence-corrected chi connectivity index (χ2v) is 6.55. The second kappa shape index (κ2) is 8.24. The van der Waals surface area contributed by atoms with E-state index < -0.39 is 0 Å². The molecule has 8 nitrogen and oxygen atoms in total. The van der Waals surface area contributed by atoms with Crippen molar-refractivity contribution in [1.82, 2.24) is 15.6 Å². The van der Waals surface area contributed by atoms with E-state index in [-0.39, 0.29) is 17.9 Å². The summed E-state index contributed by atoms with van der Waals surface area (Å²) in [7, 11) is 0. The Balaban J connectivity index is 1.54. The maximum Gasteiger partial charge on any atom is 0.227 e. The van der Waals surface area contributed by atoms with Crippen LogP contribution >= 0.6 is 11.3 Å².